The number of carbonyl (C=O) groups is 1. The number of aromatic carboxylic acids is 1. The van der Waals surface area contributed by atoms with Crippen molar-refractivity contribution in [3.8, 4) is 0 Å². The molecule has 0 amide bonds. The van der Waals surface area contributed by atoms with E-state index in [2.05, 4.69) is 4.98 Å². The van der Waals surface area contributed by atoms with E-state index in [0.29, 0.717) is 16.6 Å². The fourth-order valence-corrected chi connectivity index (χ4v) is 2.33. The number of nitrogens with two attached hydrogens (primary N) is 1. The highest BCUT2D eigenvalue weighted by Crippen LogP contribution is 2.21. The Morgan fingerprint density at radius 1 is 1.18 bits per heavy atom. The average Bonchev–Trinajstić information content (AvgIpc) is 2.73. The molecule has 3 aromatic rings. The van der Waals surface area contributed by atoms with Crippen LogP contribution in [0, 0.1) is 11.6 Å². The van der Waals surface area contributed by atoms with Crippen LogP contribution in [-0.2, 0) is 6.54 Å². The minimum atomic E-state index is -1.07. The summed E-state index contributed by atoms with van der Waals surface area (Å²) in [5, 5.41) is 8.97. The van der Waals surface area contributed by atoms with E-state index in [1.54, 1.807) is 10.6 Å². The topological polar surface area (TPSA) is 81.1 Å². The summed E-state index contributed by atoms with van der Waals surface area (Å²) in [5.41, 5.74) is 7.31. The van der Waals surface area contributed by atoms with Crippen LogP contribution in [0.4, 0.5) is 14.7 Å². The van der Waals surface area contributed by atoms with Crippen molar-refractivity contribution in [1.82, 2.24) is 9.55 Å². The number of aromatic nitrogens is 2. The van der Waals surface area contributed by atoms with Gasteiger partial charge in [0.25, 0.3) is 0 Å². The molecule has 0 atom stereocenters. The molecule has 0 spiro atoms. The Morgan fingerprint density at radius 2 is 1.86 bits per heavy atom. The fraction of sp³-hybridized carbons (Fsp3) is 0.0667. The second kappa shape index (κ2) is 5.10. The lowest BCUT2D eigenvalue weighted by atomic mass is 10.2. The number of imidazole rings is 1. The van der Waals surface area contributed by atoms with Gasteiger partial charge in [0.2, 0.25) is 5.95 Å². The molecule has 1 heterocycles. The van der Waals surface area contributed by atoms with E-state index in [1.165, 1.54) is 24.3 Å². The van der Waals surface area contributed by atoms with Crippen LogP contribution >= 0.6 is 0 Å². The van der Waals surface area contributed by atoms with E-state index < -0.39 is 17.6 Å². The van der Waals surface area contributed by atoms with Gasteiger partial charge in [-0.3, -0.25) is 0 Å². The molecular weight excluding hydrogens is 292 g/mol. The number of hydrogen-bond acceptors (Lipinski definition) is 3. The molecular formula is C15H11F2N3O2. The summed E-state index contributed by atoms with van der Waals surface area (Å²) >= 11 is 0. The minimum Gasteiger partial charge on any atom is -0.478 e. The molecule has 0 fully saturated rings. The van der Waals surface area contributed by atoms with Crippen LogP contribution in [0.15, 0.2) is 36.4 Å². The van der Waals surface area contributed by atoms with Crippen LogP contribution in [0.1, 0.15) is 15.9 Å². The Balaban J connectivity index is 2.07. The van der Waals surface area contributed by atoms with Gasteiger partial charge in [0.15, 0.2) is 0 Å². The monoisotopic (exact) mass is 303 g/mol. The van der Waals surface area contributed by atoms with Gasteiger partial charge in [0, 0.05) is 6.07 Å². The molecule has 0 unspecified atom stereocenters. The summed E-state index contributed by atoms with van der Waals surface area (Å²) in [6.45, 7) is 0.128. The Hall–Kier alpha value is -2.96. The van der Waals surface area contributed by atoms with Crippen molar-refractivity contribution in [2.24, 2.45) is 0 Å². The van der Waals surface area contributed by atoms with Crippen LogP contribution in [0.25, 0.3) is 11.0 Å². The van der Waals surface area contributed by atoms with Crippen LogP contribution in [0.3, 0.4) is 0 Å². The fourth-order valence-electron chi connectivity index (χ4n) is 2.33. The number of nitrogen functional groups attached to an aromatic ring is 1. The van der Waals surface area contributed by atoms with Gasteiger partial charge in [-0.15, -0.1) is 0 Å². The van der Waals surface area contributed by atoms with E-state index in [4.69, 9.17) is 10.8 Å². The molecule has 1 aromatic heterocycles. The zero-order chi connectivity index (χ0) is 15.9. The van der Waals surface area contributed by atoms with E-state index in [9.17, 15) is 13.6 Å². The normalized spacial score (nSPS) is 11.0. The summed E-state index contributed by atoms with van der Waals surface area (Å²) in [4.78, 5) is 15.0. The third-order valence-corrected chi connectivity index (χ3v) is 3.29. The highest BCUT2D eigenvalue weighted by atomic mass is 19.1. The number of nitrogens with zero attached hydrogens (tertiary/aromatic N) is 2. The second-order valence-electron chi connectivity index (χ2n) is 4.84. The molecule has 0 aliphatic rings. The van der Waals surface area contributed by atoms with E-state index in [0.717, 1.165) is 6.07 Å². The predicted molar refractivity (Wildman–Crippen MR) is 76.6 cm³/mol. The van der Waals surface area contributed by atoms with Crippen molar-refractivity contribution >= 4 is 23.0 Å². The lowest BCUT2D eigenvalue weighted by Crippen LogP contribution is -2.05. The highest BCUT2D eigenvalue weighted by Gasteiger charge is 2.12. The van der Waals surface area contributed by atoms with Gasteiger partial charge < -0.3 is 15.4 Å². The second-order valence-corrected chi connectivity index (χ2v) is 4.84. The third-order valence-electron chi connectivity index (χ3n) is 3.29. The van der Waals surface area contributed by atoms with Gasteiger partial charge in [0.05, 0.1) is 23.1 Å². The van der Waals surface area contributed by atoms with Gasteiger partial charge in [0.1, 0.15) is 11.6 Å². The van der Waals surface area contributed by atoms with Crippen molar-refractivity contribution in [3.63, 3.8) is 0 Å². The number of halogens is 2. The first-order valence-electron chi connectivity index (χ1n) is 6.38. The maximum Gasteiger partial charge on any atom is 0.335 e. The molecule has 22 heavy (non-hydrogen) atoms. The molecule has 112 valence electrons. The number of carboxylic acids is 1. The van der Waals surface area contributed by atoms with Gasteiger partial charge >= 0.3 is 5.97 Å². The first-order valence-corrected chi connectivity index (χ1v) is 6.38. The quantitative estimate of drug-likeness (QED) is 0.779. The van der Waals surface area contributed by atoms with E-state index in [1.807, 2.05) is 0 Å². The molecule has 0 bridgehead atoms. The molecule has 0 aliphatic carbocycles. The van der Waals surface area contributed by atoms with Crippen molar-refractivity contribution in [2.75, 3.05) is 5.73 Å². The molecule has 3 rings (SSSR count). The summed E-state index contributed by atoms with van der Waals surface area (Å²) < 4.78 is 28.1. The first-order chi connectivity index (χ1) is 10.4. The number of rotatable bonds is 3. The highest BCUT2D eigenvalue weighted by molar-refractivity contribution is 5.92. The summed E-state index contributed by atoms with van der Waals surface area (Å²) in [6, 6.07) is 7.60. The van der Waals surface area contributed by atoms with E-state index >= 15 is 0 Å². The van der Waals surface area contributed by atoms with Gasteiger partial charge in [-0.2, -0.15) is 0 Å². The first kappa shape index (κ1) is 14.0. The lowest BCUT2D eigenvalue weighted by molar-refractivity contribution is 0.0697. The smallest absolute Gasteiger partial charge is 0.335 e. The number of fused-ring (bicyclic) bond motifs is 1. The summed E-state index contributed by atoms with van der Waals surface area (Å²) in [7, 11) is 0. The molecule has 0 aliphatic heterocycles. The van der Waals surface area contributed by atoms with Crippen LogP contribution in [0.5, 0.6) is 0 Å². The third kappa shape index (κ3) is 2.48. The largest absolute Gasteiger partial charge is 0.478 e. The molecule has 0 saturated heterocycles. The maximum absolute atomic E-state index is 13.3. The van der Waals surface area contributed by atoms with Gasteiger partial charge in [-0.05, 0) is 35.9 Å². The van der Waals surface area contributed by atoms with Crippen LogP contribution in [-0.4, -0.2) is 20.6 Å². The Morgan fingerprint density at radius 3 is 2.50 bits per heavy atom. The summed E-state index contributed by atoms with van der Waals surface area (Å²) in [5.74, 6) is -2.28. The van der Waals surface area contributed by atoms with Crippen molar-refractivity contribution in [2.45, 2.75) is 6.54 Å². The predicted octanol–water partition coefficient (Wildman–Crippen LogP) is 2.64. The molecule has 0 radical (unpaired) electrons. The van der Waals surface area contributed by atoms with Crippen molar-refractivity contribution in [1.29, 1.82) is 0 Å². The Kier molecular flexibility index (Phi) is 3.25. The number of hydrogen-bond donors (Lipinski definition) is 2. The average molecular weight is 303 g/mol. The Bertz CT molecular complexity index is 870. The zero-order valence-corrected chi connectivity index (χ0v) is 11.3. The van der Waals surface area contributed by atoms with Crippen molar-refractivity contribution < 1.29 is 18.7 Å². The minimum absolute atomic E-state index is 0.0916. The zero-order valence-electron chi connectivity index (χ0n) is 11.3. The molecule has 0 saturated carbocycles. The molecule has 2 aromatic carbocycles. The van der Waals surface area contributed by atoms with Crippen LogP contribution < -0.4 is 5.73 Å². The summed E-state index contributed by atoms with van der Waals surface area (Å²) in [6.07, 6.45) is 0. The maximum atomic E-state index is 13.3. The standard InChI is InChI=1S/C15H11F2N3O2/c16-10-3-8(4-11(17)6-10)7-20-13-2-1-9(14(21)22)5-12(13)19-15(20)18/h1-6H,7H2,(H2,18,19)(H,21,22). The number of anilines is 1. The number of benzene rings is 2. The number of carboxylic acid groups (broad SMARTS) is 1. The molecule has 5 nitrogen and oxygen atoms in total. The Labute approximate surface area is 123 Å². The van der Waals surface area contributed by atoms with Crippen molar-refractivity contribution in [3.05, 3.63) is 59.2 Å². The van der Waals surface area contributed by atoms with Gasteiger partial charge in [-0.1, -0.05) is 0 Å². The lowest BCUT2D eigenvalue weighted by Gasteiger charge is -2.07. The van der Waals surface area contributed by atoms with Crippen LogP contribution in [0.2, 0.25) is 0 Å². The molecule has 3 N–H and O–H groups in total. The SMILES string of the molecule is Nc1nc2cc(C(=O)O)ccc2n1Cc1cc(F)cc(F)c1. The van der Waals surface area contributed by atoms with E-state index in [-0.39, 0.29) is 18.1 Å². The molecule has 7 heteroatoms. The van der Waals surface area contributed by atoms with Gasteiger partial charge in [-0.25, -0.2) is 18.6 Å².